The summed E-state index contributed by atoms with van der Waals surface area (Å²) in [6.45, 7) is 4.76. The van der Waals surface area contributed by atoms with Crippen LogP contribution in [0.3, 0.4) is 0 Å². The molecule has 0 spiro atoms. The van der Waals surface area contributed by atoms with Crippen LogP contribution in [0.15, 0.2) is 24.3 Å². The highest BCUT2D eigenvalue weighted by Crippen LogP contribution is 2.28. The molecule has 0 bridgehead atoms. The van der Waals surface area contributed by atoms with Gasteiger partial charge in [-0.3, -0.25) is 4.79 Å². The molecule has 2 aliphatic rings. The summed E-state index contributed by atoms with van der Waals surface area (Å²) < 4.78 is 2.34. The third-order valence-electron chi connectivity index (χ3n) is 5.82. The number of hydrogen-bond acceptors (Lipinski definition) is 3. The van der Waals surface area contributed by atoms with Crippen molar-refractivity contribution in [3.8, 4) is 0 Å². The van der Waals surface area contributed by atoms with E-state index < -0.39 is 0 Å². The van der Waals surface area contributed by atoms with Gasteiger partial charge in [0.1, 0.15) is 11.6 Å². The van der Waals surface area contributed by atoms with E-state index in [4.69, 9.17) is 0 Å². The molecule has 3 heterocycles. The topological polar surface area (TPSA) is 51.0 Å². The maximum atomic E-state index is 12.9. The van der Waals surface area contributed by atoms with Crippen molar-refractivity contribution in [1.29, 1.82) is 0 Å². The fourth-order valence-corrected chi connectivity index (χ4v) is 4.25. The number of nitrogens with zero attached hydrogens (tertiary/aromatic N) is 4. The zero-order chi connectivity index (χ0) is 17.9. The molecule has 1 amide bonds. The average molecular weight is 352 g/mol. The Morgan fingerprint density at radius 1 is 1.08 bits per heavy atom. The third-order valence-corrected chi connectivity index (χ3v) is 5.82. The number of piperidine rings is 1. The molecule has 0 unspecified atom stereocenters. The lowest BCUT2D eigenvalue weighted by atomic mass is 9.96. The van der Waals surface area contributed by atoms with Gasteiger partial charge >= 0.3 is 0 Å². The first-order chi connectivity index (χ1) is 12.8. The van der Waals surface area contributed by atoms with Gasteiger partial charge in [-0.25, -0.2) is 0 Å². The van der Waals surface area contributed by atoms with Crippen molar-refractivity contribution in [3.63, 3.8) is 0 Å². The molecule has 1 aromatic carbocycles. The Morgan fingerprint density at radius 2 is 1.92 bits per heavy atom. The van der Waals surface area contributed by atoms with Gasteiger partial charge in [-0.05, 0) is 49.8 Å². The summed E-state index contributed by atoms with van der Waals surface area (Å²) in [5.41, 5.74) is 2.06. The Kier molecular flexibility index (Phi) is 5.05. The fourth-order valence-electron chi connectivity index (χ4n) is 4.25. The number of amides is 1. The van der Waals surface area contributed by atoms with Crippen LogP contribution in [0.2, 0.25) is 0 Å². The van der Waals surface area contributed by atoms with Crippen LogP contribution in [0.5, 0.6) is 0 Å². The molecule has 0 saturated carbocycles. The van der Waals surface area contributed by atoms with Crippen molar-refractivity contribution in [3.05, 3.63) is 47.0 Å². The monoisotopic (exact) mass is 352 g/mol. The van der Waals surface area contributed by atoms with Gasteiger partial charge in [0, 0.05) is 37.5 Å². The molecule has 5 heteroatoms. The standard InChI is InChI=1S/C21H28N4O/c1-2-16-9-11-17(12-10-16)21(26)24-13-6-7-18(15-24)20-23-22-19-8-4-3-5-14-25(19)20/h9-12,18H,2-8,13-15H2,1H3/t18-/m0/s1. The van der Waals surface area contributed by atoms with Crippen molar-refractivity contribution >= 4 is 5.91 Å². The van der Waals surface area contributed by atoms with E-state index >= 15 is 0 Å². The second-order valence-electron chi connectivity index (χ2n) is 7.58. The van der Waals surface area contributed by atoms with Gasteiger partial charge in [0.05, 0.1) is 0 Å². The van der Waals surface area contributed by atoms with E-state index in [9.17, 15) is 4.79 Å². The quantitative estimate of drug-likeness (QED) is 0.848. The summed E-state index contributed by atoms with van der Waals surface area (Å²) in [6, 6.07) is 8.06. The predicted octanol–water partition coefficient (Wildman–Crippen LogP) is 3.59. The molecular formula is C21H28N4O. The zero-order valence-electron chi connectivity index (χ0n) is 15.7. The smallest absolute Gasteiger partial charge is 0.253 e. The third kappa shape index (κ3) is 3.39. The number of likely N-dealkylation sites (tertiary alicyclic amines) is 1. The van der Waals surface area contributed by atoms with Gasteiger partial charge < -0.3 is 9.47 Å². The van der Waals surface area contributed by atoms with E-state index in [2.05, 4.69) is 33.8 Å². The lowest BCUT2D eigenvalue weighted by molar-refractivity contribution is 0.0703. The van der Waals surface area contributed by atoms with E-state index in [1.165, 1.54) is 24.8 Å². The van der Waals surface area contributed by atoms with Crippen molar-refractivity contribution < 1.29 is 4.79 Å². The summed E-state index contributed by atoms with van der Waals surface area (Å²) in [4.78, 5) is 14.9. The van der Waals surface area contributed by atoms with Crippen LogP contribution in [0, 0.1) is 0 Å². The molecule has 138 valence electrons. The van der Waals surface area contributed by atoms with Crippen molar-refractivity contribution in [2.75, 3.05) is 13.1 Å². The van der Waals surface area contributed by atoms with Crippen LogP contribution in [0.4, 0.5) is 0 Å². The van der Waals surface area contributed by atoms with Crippen LogP contribution < -0.4 is 0 Å². The maximum Gasteiger partial charge on any atom is 0.253 e. The molecule has 4 rings (SSSR count). The highest BCUT2D eigenvalue weighted by Gasteiger charge is 2.29. The van der Waals surface area contributed by atoms with Crippen LogP contribution >= 0.6 is 0 Å². The largest absolute Gasteiger partial charge is 0.338 e. The van der Waals surface area contributed by atoms with Gasteiger partial charge in [-0.1, -0.05) is 25.5 Å². The lowest BCUT2D eigenvalue weighted by Crippen LogP contribution is -2.39. The molecule has 0 radical (unpaired) electrons. The molecule has 0 aliphatic carbocycles. The highest BCUT2D eigenvalue weighted by atomic mass is 16.2. The van der Waals surface area contributed by atoms with Gasteiger partial charge in [0.25, 0.3) is 5.91 Å². The normalized spacial score (nSPS) is 20.5. The molecule has 2 aromatic rings. The Hall–Kier alpha value is -2.17. The number of hydrogen-bond donors (Lipinski definition) is 0. The fraction of sp³-hybridized carbons (Fsp3) is 0.571. The first kappa shape index (κ1) is 17.3. The van der Waals surface area contributed by atoms with Crippen LogP contribution in [-0.4, -0.2) is 38.7 Å². The Labute approximate surface area is 155 Å². The minimum atomic E-state index is 0.146. The average Bonchev–Trinajstić information content (AvgIpc) is 2.96. The lowest BCUT2D eigenvalue weighted by Gasteiger charge is -2.32. The van der Waals surface area contributed by atoms with Gasteiger partial charge in [-0.15, -0.1) is 10.2 Å². The van der Waals surface area contributed by atoms with Crippen LogP contribution in [0.25, 0.3) is 0 Å². The number of carbonyl (C=O) groups excluding carboxylic acids is 1. The van der Waals surface area contributed by atoms with E-state index in [-0.39, 0.29) is 5.91 Å². The Morgan fingerprint density at radius 3 is 2.73 bits per heavy atom. The number of carbonyl (C=O) groups is 1. The second kappa shape index (κ2) is 7.60. The molecule has 0 N–H and O–H groups in total. The van der Waals surface area contributed by atoms with E-state index in [0.29, 0.717) is 5.92 Å². The number of rotatable bonds is 3. The summed E-state index contributed by atoms with van der Waals surface area (Å²) >= 11 is 0. The first-order valence-electron chi connectivity index (χ1n) is 10.1. The summed E-state index contributed by atoms with van der Waals surface area (Å²) in [5, 5.41) is 8.98. The predicted molar refractivity (Wildman–Crippen MR) is 101 cm³/mol. The molecule has 1 fully saturated rings. The summed E-state index contributed by atoms with van der Waals surface area (Å²) in [7, 11) is 0. The molecule has 2 aliphatic heterocycles. The SMILES string of the molecule is CCc1ccc(C(=O)N2CCC[C@H](c3nnc4n3CCCCC4)C2)cc1. The minimum absolute atomic E-state index is 0.146. The van der Waals surface area contributed by atoms with Crippen LogP contribution in [0.1, 0.15) is 72.5 Å². The maximum absolute atomic E-state index is 12.9. The van der Waals surface area contributed by atoms with Crippen molar-refractivity contribution in [1.82, 2.24) is 19.7 Å². The number of aryl methyl sites for hydroxylation is 2. The number of fused-ring (bicyclic) bond motifs is 1. The minimum Gasteiger partial charge on any atom is -0.338 e. The van der Waals surface area contributed by atoms with Gasteiger partial charge in [-0.2, -0.15) is 0 Å². The van der Waals surface area contributed by atoms with Crippen molar-refractivity contribution in [2.24, 2.45) is 0 Å². The van der Waals surface area contributed by atoms with Crippen molar-refractivity contribution in [2.45, 2.75) is 64.3 Å². The summed E-state index contributed by atoms with van der Waals surface area (Å²) in [6.07, 6.45) is 7.84. The summed E-state index contributed by atoms with van der Waals surface area (Å²) in [5.74, 6) is 2.69. The highest BCUT2D eigenvalue weighted by molar-refractivity contribution is 5.94. The van der Waals surface area contributed by atoms with Gasteiger partial charge in [0.2, 0.25) is 0 Å². The Bertz CT molecular complexity index is 765. The van der Waals surface area contributed by atoms with Crippen LogP contribution in [-0.2, 0) is 19.4 Å². The van der Waals surface area contributed by atoms with Gasteiger partial charge in [0.15, 0.2) is 0 Å². The van der Waals surface area contributed by atoms with E-state index in [1.807, 2.05) is 17.0 Å². The number of benzene rings is 1. The number of aromatic nitrogens is 3. The molecule has 26 heavy (non-hydrogen) atoms. The molecule has 1 atom stereocenters. The van der Waals surface area contributed by atoms with E-state index in [1.54, 1.807) is 0 Å². The zero-order valence-corrected chi connectivity index (χ0v) is 15.7. The second-order valence-corrected chi connectivity index (χ2v) is 7.58. The first-order valence-corrected chi connectivity index (χ1v) is 10.1. The van der Waals surface area contributed by atoms with E-state index in [0.717, 1.165) is 62.5 Å². The molecular weight excluding hydrogens is 324 g/mol. The molecule has 1 saturated heterocycles. The molecule has 5 nitrogen and oxygen atoms in total. The molecule has 1 aromatic heterocycles. The Balaban J connectivity index is 1.50.